The summed E-state index contributed by atoms with van der Waals surface area (Å²) in [7, 11) is 0. The average Bonchev–Trinajstić information content (AvgIpc) is 3.04. The Morgan fingerprint density at radius 1 is 1.33 bits per heavy atom. The van der Waals surface area contributed by atoms with Crippen molar-refractivity contribution in [2.24, 2.45) is 5.92 Å². The molecule has 1 fully saturated rings. The number of fused-ring (bicyclic) bond motifs is 1. The van der Waals surface area contributed by atoms with Crippen molar-refractivity contribution in [1.29, 1.82) is 0 Å². The lowest BCUT2D eigenvalue weighted by molar-refractivity contribution is 0.0948. The van der Waals surface area contributed by atoms with Crippen LogP contribution in [-0.2, 0) is 0 Å². The highest BCUT2D eigenvalue weighted by atomic mass is 16.5. The van der Waals surface area contributed by atoms with Crippen molar-refractivity contribution < 1.29 is 9.53 Å². The predicted molar refractivity (Wildman–Crippen MR) is 84.0 cm³/mol. The van der Waals surface area contributed by atoms with Gasteiger partial charge in [-0.05, 0) is 30.9 Å². The summed E-state index contributed by atoms with van der Waals surface area (Å²) in [5, 5.41) is 6.28. The molecule has 1 heterocycles. The van der Waals surface area contributed by atoms with Crippen molar-refractivity contribution in [2.75, 3.05) is 25.0 Å². The van der Waals surface area contributed by atoms with Gasteiger partial charge < -0.3 is 15.4 Å². The van der Waals surface area contributed by atoms with Gasteiger partial charge in [-0.2, -0.15) is 0 Å². The summed E-state index contributed by atoms with van der Waals surface area (Å²) in [6, 6.07) is 5.68. The quantitative estimate of drug-likeness (QED) is 0.818. The van der Waals surface area contributed by atoms with Crippen LogP contribution in [0.5, 0.6) is 5.75 Å². The van der Waals surface area contributed by atoms with E-state index >= 15 is 0 Å². The van der Waals surface area contributed by atoms with Crippen molar-refractivity contribution in [3.63, 3.8) is 0 Å². The Hall–Kier alpha value is -1.71. The number of benzene rings is 1. The molecule has 4 nitrogen and oxygen atoms in total. The number of hydrogen-bond donors (Lipinski definition) is 2. The number of carbonyl (C=O) groups excluding carboxylic acids is 1. The lowest BCUT2D eigenvalue weighted by Gasteiger charge is -2.21. The molecule has 0 saturated heterocycles. The molecule has 0 bridgehead atoms. The minimum absolute atomic E-state index is 0.0260. The topological polar surface area (TPSA) is 50.4 Å². The van der Waals surface area contributed by atoms with Crippen molar-refractivity contribution >= 4 is 11.6 Å². The van der Waals surface area contributed by atoms with Crippen LogP contribution in [0.25, 0.3) is 0 Å². The maximum atomic E-state index is 12.3. The van der Waals surface area contributed by atoms with Crippen molar-refractivity contribution in [3.05, 3.63) is 23.8 Å². The third-order valence-corrected chi connectivity index (χ3v) is 4.47. The van der Waals surface area contributed by atoms with Gasteiger partial charge in [-0.1, -0.05) is 31.7 Å². The second kappa shape index (κ2) is 6.83. The molecule has 3 rings (SSSR count). The molecule has 114 valence electrons. The van der Waals surface area contributed by atoms with E-state index in [9.17, 15) is 4.79 Å². The standard InChI is InChI=1S/C17H24N2O2/c20-17(19-10-4-7-13-5-1-2-6-13)14-8-3-9-15-16(14)21-12-11-18-15/h3,8-9,13,18H,1-2,4-7,10-12H2,(H,19,20). The fraction of sp³-hybridized carbons (Fsp3) is 0.588. The first-order valence-electron chi connectivity index (χ1n) is 8.12. The van der Waals surface area contributed by atoms with Gasteiger partial charge in [0.15, 0.2) is 5.75 Å². The number of hydrogen-bond acceptors (Lipinski definition) is 3. The molecule has 0 radical (unpaired) electrons. The Labute approximate surface area is 126 Å². The molecule has 1 aromatic carbocycles. The average molecular weight is 288 g/mol. The van der Waals surface area contributed by atoms with Gasteiger partial charge >= 0.3 is 0 Å². The number of anilines is 1. The monoisotopic (exact) mass is 288 g/mol. The number of ether oxygens (including phenoxy) is 1. The Bertz CT molecular complexity index is 496. The molecule has 0 atom stereocenters. The first-order valence-corrected chi connectivity index (χ1v) is 8.12. The van der Waals surface area contributed by atoms with Crippen LogP contribution in [0.1, 0.15) is 48.9 Å². The zero-order chi connectivity index (χ0) is 14.5. The molecular formula is C17H24N2O2. The first-order chi connectivity index (χ1) is 10.3. The molecule has 0 spiro atoms. The van der Waals surface area contributed by atoms with E-state index < -0.39 is 0 Å². The summed E-state index contributed by atoms with van der Waals surface area (Å²) >= 11 is 0. The Morgan fingerprint density at radius 3 is 3.05 bits per heavy atom. The van der Waals surface area contributed by atoms with Crippen molar-refractivity contribution in [2.45, 2.75) is 38.5 Å². The minimum atomic E-state index is -0.0260. The van der Waals surface area contributed by atoms with E-state index in [0.717, 1.165) is 31.1 Å². The normalized spacial score (nSPS) is 17.7. The lowest BCUT2D eigenvalue weighted by Crippen LogP contribution is -2.27. The van der Waals surface area contributed by atoms with Crippen molar-refractivity contribution in [1.82, 2.24) is 5.32 Å². The molecule has 1 amide bonds. The van der Waals surface area contributed by atoms with Gasteiger partial charge in [-0.15, -0.1) is 0 Å². The zero-order valence-corrected chi connectivity index (χ0v) is 12.5. The van der Waals surface area contributed by atoms with Crippen LogP contribution >= 0.6 is 0 Å². The van der Waals surface area contributed by atoms with Gasteiger partial charge in [0.1, 0.15) is 6.61 Å². The van der Waals surface area contributed by atoms with E-state index in [4.69, 9.17) is 4.74 Å². The highest BCUT2D eigenvalue weighted by Gasteiger charge is 2.19. The maximum Gasteiger partial charge on any atom is 0.255 e. The van der Waals surface area contributed by atoms with E-state index in [1.165, 1.54) is 32.1 Å². The number of rotatable bonds is 5. The highest BCUT2D eigenvalue weighted by molar-refractivity contribution is 5.98. The molecule has 21 heavy (non-hydrogen) atoms. The Kier molecular flexibility index (Phi) is 4.63. The summed E-state index contributed by atoms with van der Waals surface area (Å²) in [6.07, 6.45) is 7.84. The molecule has 2 aliphatic rings. The first kappa shape index (κ1) is 14.2. The molecule has 4 heteroatoms. The van der Waals surface area contributed by atoms with Crippen LogP contribution in [0.3, 0.4) is 0 Å². The summed E-state index contributed by atoms with van der Waals surface area (Å²) in [4.78, 5) is 12.3. The summed E-state index contributed by atoms with van der Waals surface area (Å²) in [5.74, 6) is 1.55. The second-order valence-electron chi connectivity index (χ2n) is 6.01. The largest absolute Gasteiger partial charge is 0.489 e. The molecule has 1 aliphatic heterocycles. The molecule has 1 saturated carbocycles. The van der Waals surface area contributed by atoms with Crippen molar-refractivity contribution in [3.8, 4) is 5.75 Å². The van der Waals surface area contributed by atoms with Crippen LogP contribution in [0.4, 0.5) is 5.69 Å². The zero-order valence-electron chi connectivity index (χ0n) is 12.5. The SMILES string of the molecule is O=C(NCCCC1CCCC1)c1cccc2c1OCCN2. The summed E-state index contributed by atoms with van der Waals surface area (Å²) in [5.41, 5.74) is 1.56. The third kappa shape index (κ3) is 3.49. The fourth-order valence-electron chi connectivity index (χ4n) is 3.34. The Morgan fingerprint density at radius 2 is 2.19 bits per heavy atom. The summed E-state index contributed by atoms with van der Waals surface area (Å²) in [6.45, 7) is 2.16. The van der Waals surface area contributed by atoms with Crippen LogP contribution in [0.15, 0.2) is 18.2 Å². The van der Waals surface area contributed by atoms with Crippen LogP contribution < -0.4 is 15.4 Å². The molecular weight excluding hydrogens is 264 g/mol. The predicted octanol–water partition coefficient (Wildman–Crippen LogP) is 3.19. The van der Waals surface area contributed by atoms with E-state index in [1.54, 1.807) is 0 Å². The van der Waals surface area contributed by atoms with E-state index in [2.05, 4.69) is 10.6 Å². The van der Waals surface area contributed by atoms with Gasteiger partial charge in [-0.25, -0.2) is 0 Å². The molecule has 1 aromatic rings. The van der Waals surface area contributed by atoms with Crippen LogP contribution in [0.2, 0.25) is 0 Å². The highest BCUT2D eigenvalue weighted by Crippen LogP contribution is 2.31. The number of amides is 1. The van der Waals surface area contributed by atoms with E-state index in [-0.39, 0.29) is 5.91 Å². The smallest absolute Gasteiger partial charge is 0.255 e. The second-order valence-corrected chi connectivity index (χ2v) is 6.01. The fourth-order valence-corrected chi connectivity index (χ4v) is 3.34. The molecule has 0 unspecified atom stereocenters. The molecule has 0 aromatic heterocycles. The van der Waals surface area contributed by atoms with E-state index in [1.807, 2.05) is 18.2 Å². The van der Waals surface area contributed by atoms with Gasteiger partial charge in [0.25, 0.3) is 5.91 Å². The number of para-hydroxylation sites is 1. The Balaban J connectivity index is 1.51. The minimum Gasteiger partial charge on any atom is -0.489 e. The number of carbonyl (C=O) groups is 1. The van der Waals surface area contributed by atoms with Gasteiger partial charge in [0.2, 0.25) is 0 Å². The van der Waals surface area contributed by atoms with Gasteiger partial charge in [0, 0.05) is 13.1 Å². The summed E-state index contributed by atoms with van der Waals surface area (Å²) < 4.78 is 5.64. The molecule has 2 N–H and O–H groups in total. The maximum absolute atomic E-state index is 12.3. The number of nitrogens with one attached hydrogen (secondary N) is 2. The van der Waals surface area contributed by atoms with Crippen LogP contribution in [0, 0.1) is 5.92 Å². The van der Waals surface area contributed by atoms with Crippen LogP contribution in [-0.4, -0.2) is 25.6 Å². The lowest BCUT2D eigenvalue weighted by atomic mass is 10.0. The van der Waals surface area contributed by atoms with Gasteiger partial charge in [-0.3, -0.25) is 4.79 Å². The molecule has 1 aliphatic carbocycles. The van der Waals surface area contributed by atoms with Gasteiger partial charge in [0.05, 0.1) is 11.3 Å². The van der Waals surface area contributed by atoms with E-state index in [0.29, 0.717) is 17.9 Å². The third-order valence-electron chi connectivity index (χ3n) is 4.47.